The number of carbonyl (C=O) groups excluding carboxylic acids is 1. The predicted molar refractivity (Wildman–Crippen MR) is 72.6 cm³/mol. The van der Waals surface area contributed by atoms with Gasteiger partial charge in [-0.05, 0) is 25.7 Å². The fourth-order valence-corrected chi connectivity index (χ4v) is 2.44. The lowest BCUT2D eigenvalue weighted by Gasteiger charge is -2.22. The van der Waals surface area contributed by atoms with E-state index in [4.69, 9.17) is 0 Å². The number of aliphatic hydroxyl groups excluding tert-OH is 4. The fourth-order valence-electron chi connectivity index (χ4n) is 2.44. The van der Waals surface area contributed by atoms with E-state index in [0.717, 1.165) is 19.1 Å². The van der Waals surface area contributed by atoms with Crippen LogP contribution in [0, 0.1) is 0 Å². The first-order chi connectivity index (χ1) is 9.58. The van der Waals surface area contributed by atoms with Crippen LogP contribution in [-0.4, -0.2) is 57.8 Å². The molecule has 110 valence electrons. The lowest BCUT2D eigenvalue weighted by atomic mass is 9.93. The van der Waals surface area contributed by atoms with Gasteiger partial charge in [-0.2, -0.15) is 0 Å². The normalized spacial score (nSPS) is 20.2. The summed E-state index contributed by atoms with van der Waals surface area (Å²) in [5.41, 5.74) is -0.0314. The van der Waals surface area contributed by atoms with E-state index in [1.807, 2.05) is 0 Å². The number of carbonyl (C=O) groups is 1. The smallest absolute Gasteiger partial charge is 0.194 e. The second-order valence-corrected chi connectivity index (χ2v) is 5.21. The quantitative estimate of drug-likeness (QED) is 0.532. The molecule has 0 aliphatic heterocycles. The molecule has 0 radical (unpaired) electrons. The van der Waals surface area contributed by atoms with Crippen molar-refractivity contribution < 1.29 is 25.2 Å². The van der Waals surface area contributed by atoms with Gasteiger partial charge in [0.05, 0.1) is 25.4 Å². The van der Waals surface area contributed by atoms with Crippen molar-refractivity contribution in [2.75, 3.05) is 19.8 Å². The van der Waals surface area contributed by atoms with E-state index in [9.17, 15) is 25.2 Å². The van der Waals surface area contributed by atoms with Crippen molar-refractivity contribution in [1.82, 2.24) is 0 Å². The van der Waals surface area contributed by atoms with Gasteiger partial charge in [0.15, 0.2) is 5.78 Å². The van der Waals surface area contributed by atoms with Crippen molar-refractivity contribution in [2.24, 2.45) is 4.99 Å². The first-order valence-electron chi connectivity index (χ1n) is 6.66. The Morgan fingerprint density at radius 2 is 1.60 bits per heavy atom. The SMILES string of the molecule is O=C1C(C=NC(CO)(CO)CO)=C(O)C2=C1CCCC2. The highest BCUT2D eigenvalue weighted by Gasteiger charge is 2.33. The van der Waals surface area contributed by atoms with Gasteiger partial charge in [-0.3, -0.25) is 9.79 Å². The van der Waals surface area contributed by atoms with Gasteiger partial charge in [-0.1, -0.05) is 0 Å². The summed E-state index contributed by atoms with van der Waals surface area (Å²) in [4.78, 5) is 16.1. The zero-order valence-corrected chi connectivity index (χ0v) is 11.2. The third kappa shape index (κ3) is 2.42. The Bertz CT molecular complexity index is 491. The highest BCUT2D eigenvalue weighted by Crippen LogP contribution is 2.37. The Morgan fingerprint density at radius 1 is 1.05 bits per heavy atom. The highest BCUT2D eigenvalue weighted by atomic mass is 16.3. The molecule has 0 aromatic heterocycles. The molecule has 0 atom stereocenters. The molecule has 0 amide bonds. The van der Waals surface area contributed by atoms with E-state index in [1.165, 1.54) is 0 Å². The molecule has 4 N–H and O–H groups in total. The monoisotopic (exact) mass is 281 g/mol. The highest BCUT2D eigenvalue weighted by molar-refractivity contribution is 6.24. The maximum Gasteiger partial charge on any atom is 0.194 e. The van der Waals surface area contributed by atoms with Crippen molar-refractivity contribution in [1.29, 1.82) is 0 Å². The van der Waals surface area contributed by atoms with Crippen molar-refractivity contribution in [3.05, 3.63) is 22.5 Å². The van der Waals surface area contributed by atoms with Gasteiger partial charge in [0, 0.05) is 17.4 Å². The van der Waals surface area contributed by atoms with Crippen LogP contribution in [-0.2, 0) is 4.79 Å². The van der Waals surface area contributed by atoms with E-state index in [-0.39, 0.29) is 17.1 Å². The van der Waals surface area contributed by atoms with Crippen LogP contribution in [0.25, 0.3) is 0 Å². The van der Waals surface area contributed by atoms with E-state index in [2.05, 4.69) is 4.99 Å². The van der Waals surface area contributed by atoms with Gasteiger partial charge in [0.2, 0.25) is 0 Å². The summed E-state index contributed by atoms with van der Waals surface area (Å²) < 4.78 is 0. The van der Waals surface area contributed by atoms with E-state index < -0.39 is 25.4 Å². The number of allylic oxidation sites excluding steroid dienone is 3. The van der Waals surface area contributed by atoms with Gasteiger partial charge < -0.3 is 20.4 Å². The Hall–Kier alpha value is -1.50. The van der Waals surface area contributed by atoms with Crippen LogP contribution in [0.2, 0.25) is 0 Å². The number of Topliss-reactive ketones (excluding diaryl/α,β-unsaturated/α-hetero) is 1. The first kappa shape index (κ1) is 14.9. The Balaban J connectivity index is 2.27. The minimum Gasteiger partial charge on any atom is -0.507 e. The van der Waals surface area contributed by atoms with Crippen LogP contribution < -0.4 is 0 Å². The minimum absolute atomic E-state index is 0.0591. The lowest BCUT2D eigenvalue weighted by Crippen LogP contribution is -2.40. The average molecular weight is 281 g/mol. The predicted octanol–water partition coefficient (Wildman–Crippen LogP) is 0.0383. The fraction of sp³-hybridized carbons (Fsp3) is 0.571. The van der Waals surface area contributed by atoms with Gasteiger partial charge in [0.1, 0.15) is 11.3 Å². The van der Waals surface area contributed by atoms with Gasteiger partial charge in [-0.15, -0.1) is 0 Å². The summed E-state index contributed by atoms with van der Waals surface area (Å²) >= 11 is 0. The maximum absolute atomic E-state index is 12.2. The molecule has 0 saturated heterocycles. The molecular weight excluding hydrogens is 262 g/mol. The summed E-state index contributed by atoms with van der Waals surface area (Å²) in [6.45, 7) is -1.65. The number of nitrogens with zero attached hydrogens (tertiary/aromatic N) is 1. The number of hydrogen-bond acceptors (Lipinski definition) is 6. The Morgan fingerprint density at radius 3 is 2.10 bits per heavy atom. The number of aliphatic imine (C=N–C) groups is 1. The van der Waals surface area contributed by atoms with Crippen molar-refractivity contribution >= 4 is 12.0 Å². The third-order valence-corrected chi connectivity index (χ3v) is 3.88. The molecule has 2 aliphatic rings. The first-order valence-corrected chi connectivity index (χ1v) is 6.66. The van der Waals surface area contributed by atoms with Gasteiger partial charge >= 0.3 is 0 Å². The molecule has 0 aromatic carbocycles. The molecule has 0 bridgehead atoms. The zero-order valence-electron chi connectivity index (χ0n) is 11.2. The molecule has 20 heavy (non-hydrogen) atoms. The molecule has 6 nitrogen and oxygen atoms in total. The average Bonchev–Trinajstić information content (AvgIpc) is 2.74. The maximum atomic E-state index is 12.2. The number of ketones is 1. The number of aliphatic hydroxyl groups is 4. The molecule has 2 rings (SSSR count). The molecular formula is C14H19NO5. The van der Waals surface area contributed by atoms with Crippen LogP contribution in [0.1, 0.15) is 25.7 Å². The van der Waals surface area contributed by atoms with Crippen LogP contribution >= 0.6 is 0 Å². The van der Waals surface area contributed by atoms with Crippen LogP contribution in [0.5, 0.6) is 0 Å². The third-order valence-electron chi connectivity index (χ3n) is 3.88. The van der Waals surface area contributed by atoms with Crippen LogP contribution in [0.3, 0.4) is 0 Å². The molecule has 0 spiro atoms. The van der Waals surface area contributed by atoms with E-state index >= 15 is 0 Å². The number of hydrogen-bond donors (Lipinski definition) is 4. The second-order valence-electron chi connectivity index (χ2n) is 5.21. The van der Waals surface area contributed by atoms with Gasteiger partial charge in [-0.25, -0.2) is 0 Å². The summed E-state index contributed by atoms with van der Waals surface area (Å²) in [6.07, 6.45) is 4.35. The van der Waals surface area contributed by atoms with Crippen LogP contribution in [0.15, 0.2) is 27.5 Å². The molecule has 0 heterocycles. The topological polar surface area (TPSA) is 110 Å². The van der Waals surface area contributed by atoms with Crippen molar-refractivity contribution in [3.8, 4) is 0 Å². The van der Waals surface area contributed by atoms with Crippen LogP contribution in [0.4, 0.5) is 0 Å². The van der Waals surface area contributed by atoms with E-state index in [1.54, 1.807) is 0 Å². The second kappa shape index (κ2) is 5.87. The molecule has 0 fully saturated rings. The Labute approximate surface area is 116 Å². The van der Waals surface area contributed by atoms with E-state index in [0.29, 0.717) is 24.0 Å². The minimum atomic E-state index is -1.43. The summed E-state index contributed by atoms with van der Waals surface area (Å²) in [7, 11) is 0. The standard InChI is InChI=1S/C14H19NO5/c16-6-14(7-17,8-18)15-5-11-12(19)9-3-1-2-4-10(9)13(11)20/h5,16-19H,1-4,6-8H2. The number of rotatable bonds is 5. The van der Waals surface area contributed by atoms with Gasteiger partial charge in [0.25, 0.3) is 0 Å². The molecule has 2 aliphatic carbocycles. The summed E-state index contributed by atoms with van der Waals surface area (Å²) in [6, 6.07) is 0. The molecule has 0 aromatic rings. The largest absolute Gasteiger partial charge is 0.507 e. The van der Waals surface area contributed by atoms with Crippen molar-refractivity contribution in [3.63, 3.8) is 0 Å². The zero-order chi connectivity index (χ0) is 14.8. The molecule has 0 unspecified atom stereocenters. The summed E-state index contributed by atoms with van der Waals surface area (Å²) in [5.74, 6) is -0.306. The molecule has 0 saturated carbocycles. The van der Waals surface area contributed by atoms with Crippen molar-refractivity contribution in [2.45, 2.75) is 31.2 Å². The Kier molecular flexibility index (Phi) is 4.37. The lowest BCUT2D eigenvalue weighted by molar-refractivity contribution is -0.111. The molecule has 6 heteroatoms. The summed E-state index contributed by atoms with van der Waals surface area (Å²) in [5, 5.41) is 37.6.